The van der Waals surface area contributed by atoms with Crippen molar-refractivity contribution in [3.63, 3.8) is 0 Å². The molecule has 1 saturated heterocycles. The molecule has 2 N–H and O–H groups in total. The zero-order valence-corrected chi connectivity index (χ0v) is 14.9. The second-order valence-corrected chi connectivity index (χ2v) is 6.50. The molecule has 1 aromatic carbocycles. The summed E-state index contributed by atoms with van der Waals surface area (Å²) in [5.41, 5.74) is 4.13. The van der Waals surface area contributed by atoms with Crippen molar-refractivity contribution in [2.45, 2.75) is 12.5 Å². The van der Waals surface area contributed by atoms with Crippen LogP contribution in [0, 0.1) is 0 Å². The van der Waals surface area contributed by atoms with Gasteiger partial charge in [-0.15, -0.1) is 23.7 Å². The van der Waals surface area contributed by atoms with Crippen LogP contribution in [0.2, 0.25) is 0 Å². The van der Waals surface area contributed by atoms with Crippen LogP contribution in [0.4, 0.5) is 5.13 Å². The zero-order valence-electron chi connectivity index (χ0n) is 13.3. The topological polar surface area (TPSA) is 66.9 Å². The van der Waals surface area contributed by atoms with Gasteiger partial charge in [0.25, 0.3) is 0 Å². The van der Waals surface area contributed by atoms with Crippen molar-refractivity contribution >= 4 is 34.8 Å². The third-order valence-electron chi connectivity index (χ3n) is 4.05. The molecule has 128 valence electrons. The van der Waals surface area contributed by atoms with Crippen molar-refractivity contribution < 1.29 is 4.79 Å². The molecule has 3 aromatic rings. The lowest BCUT2D eigenvalue weighted by Gasteiger charge is -2.25. The number of benzene rings is 1. The Balaban J connectivity index is 0.00000182. The highest BCUT2D eigenvalue weighted by Crippen LogP contribution is 2.28. The summed E-state index contributed by atoms with van der Waals surface area (Å²) in [5.74, 6) is -0.00677. The van der Waals surface area contributed by atoms with Gasteiger partial charge in [-0.1, -0.05) is 18.2 Å². The first kappa shape index (κ1) is 17.5. The smallest absolute Gasteiger partial charge is 0.243 e. The molecule has 0 bridgehead atoms. The molecule has 4 rings (SSSR count). The molecule has 1 amide bonds. The molecule has 5 nitrogen and oxygen atoms in total. The van der Waals surface area contributed by atoms with Gasteiger partial charge < -0.3 is 10.6 Å². The zero-order chi connectivity index (χ0) is 16.4. The maximum Gasteiger partial charge on any atom is 0.243 e. The summed E-state index contributed by atoms with van der Waals surface area (Å²) in [6.45, 7) is 0.906. The number of carbonyl (C=O) groups excluding carboxylic acids is 1. The Hall–Kier alpha value is -2.28. The van der Waals surface area contributed by atoms with Crippen LogP contribution in [0.15, 0.2) is 54.2 Å². The number of rotatable bonds is 4. The summed E-state index contributed by atoms with van der Waals surface area (Å²) in [6.07, 6.45) is 4.46. The number of amides is 1. The van der Waals surface area contributed by atoms with Gasteiger partial charge in [0.05, 0.1) is 11.7 Å². The van der Waals surface area contributed by atoms with Crippen molar-refractivity contribution in [1.29, 1.82) is 0 Å². The lowest BCUT2D eigenvalue weighted by molar-refractivity contribution is -0.119. The maximum absolute atomic E-state index is 12.0. The monoisotopic (exact) mass is 372 g/mol. The second-order valence-electron chi connectivity index (χ2n) is 5.64. The third-order valence-corrected chi connectivity index (χ3v) is 4.80. The first-order valence-electron chi connectivity index (χ1n) is 7.80. The summed E-state index contributed by atoms with van der Waals surface area (Å²) in [5, 5.41) is 8.57. The van der Waals surface area contributed by atoms with Crippen LogP contribution in [-0.2, 0) is 4.79 Å². The van der Waals surface area contributed by atoms with E-state index >= 15 is 0 Å². The van der Waals surface area contributed by atoms with Gasteiger partial charge in [-0.2, -0.15) is 0 Å². The minimum Gasteiger partial charge on any atom is -0.306 e. The lowest BCUT2D eigenvalue weighted by Crippen LogP contribution is -2.50. The Bertz CT molecular complexity index is 864. The molecule has 0 unspecified atom stereocenters. The van der Waals surface area contributed by atoms with Crippen LogP contribution in [0.1, 0.15) is 6.42 Å². The average Bonchev–Trinajstić information content (AvgIpc) is 3.02. The quantitative estimate of drug-likeness (QED) is 0.734. The molecular formula is C18H17ClN4OS. The van der Waals surface area contributed by atoms with E-state index in [-0.39, 0.29) is 24.4 Å². The van der Waals surface area contributed by atoms with Gasteiger partial charge in [0.1, 0.15) is 0 Å². The fraction of sp³-hybridized carbons (Fsp3) is 0.167. The highest BCUT2D eigenvalue weighted by atomic mass is 35.5. The number of hydrogen-bond donors (Lipinski definition) is 2. The van der Waals surface area contributed by atoms with Crippen LogP contribution < -0.4 is 10.6 Å². The summed E-state index contributed by atoms with van der Waals surface area (Å²) < 4.78 is 0. The Kier molecular flexibility index (Phi) is 5.43. The van der Waals surface area contributed by atoms with Gasteiger partial charge in [0.15, 0.2) is 5.13 Å². The predicted octanol–water partition coefficient (Wildman–Crippen LogP) is 3.59. The van der Waals surface area contributed by atoms with Crippen molar-refractivity contribution in [2.24, 2.45) is 0 Å². The molecule has 3 heterocycles. The highest BCUT2D eigenvalue weighted by Gasteiger charge is 2.25. The Morgan fingerprint density at radius 2 is 1.92 bits per heavy atom. The van der Waals surface area contributed by atoms with E-state index in [1.54, 1.807) is 12.4 Å². The van der Waals surface area contributed by atoms with Crippen molar-refractivity contribution in [1.82, 2.24) is 15.3 Å². The van der Waals surface area contributed by atoms with Crippen molar-refractivity contribution in [3.05, 3.63) is 54.2 Å². The number of pyridine rings is 1. The highest BCUT2D eigenvalue weighted by molar-refractivity contribution is 7.14. The molecule has 0 saturated carbocycles. The van der Waals surface area contributed by atoms with E-state index in [1.807, 2.05) is 29.6 Å². The first-order valence-corrected chi connectivity index (χ1v) is 8.68. The van der Waals surface area contributed by atoms with E-state index in [0.29, 0.717) is 5.13 Å². The maximum atomic E-state index is 12.0. The van der Waals surface area contributed by atoms with Crippen LogP contribution in [0.25, 0.3) is 22.4 Å². The van der Waals surface area contributed by atoms with Gasteiger partial charge in [-0.25, -0.2) is 4.98 Å². The van der Waals surface area contributed by atoms with E-state index in [1.165, 1.54) is 11.3 Å². The number of nitrogens with one attached hydrogen (secondary N) is 2. The van der Waals surface area contributed by atoms with E-state index < -0.39 is 0 Å². The molecule has 0 spiro atoms. The van der Waals surface area contributed by atoms with E-state index in [2.05, 4.69) is 32.7 Å². The van der Waals surface area contributed by atoms with Gasteiger partial charge in [0, 0.05) is 23.3 Å². The number of anilines is 1. The standard InChI is InChI=1S/C18H16N4OS.ClH/c23-17(15-6-9-20-15)22-18-21-16(11-24-18)14-3-1-2-13(10-14)12-4-7-19-8-5-12;/h1-5,7-8,10-11,15,20H,6,9H2,(H,21,22,23);1H/t15-;/m1./s1. The lowest BCUT2D eigenvalue weighted by atomic mass is 10.0. The Morgan fingerprint density at radius 3 is 2.64 bits per heavy atom. The van der Waals surface area contributed by atoms with Crippen molar-refractivity contribution in [2.75, 3.05) is 11.9 Å². The van der Waals surface area contributed by atoms with E-state index in [0.717, 1.165) is 35.3 Å². The van der Waals surface area contributed by atoms with Gasteiger partial charge in [0.2, 0.25) is 5.91 Å². The van der Waals surface area contributed by atoms with Crippen LogP contribution in [-0.4, -0.2) is 28.5 Å². The van der Waals surface area contributed by atoms with Crippen LogP contribution in [0.3, 0.4) is 0 Å². The number of carbonyl (C=O) groups is 1. The number of aromatic nitrogens is 2. The molecule has 2 aromatic heterocycles. The second kappa shape index (κ2) is 7.74. The molecule has 7 heteroatoms. The Morgan fingerprint density at radius 1 is 1.16 bits per heavy atom. The molecule has 0 aliphatic carbocycles. The minimum atomic E-state index is -0.0765. The van der Waals surface area contributed by atoms with E-state index in [4.69, 9.17) is 0 Å². The number of halogens is 1. The largest absolute Gasteiger partial charge is 0.306 e. The normalized spacial score (nSPS) is 15.8. The van der Waals surface area contributed by atoms with Crippen molar-refractivity contribution in [3.8, 4) is 22.4 Å². The minimum absolute atomic E-state index is 0. The SMILES string of the molecule is Cl.O=C(Nc1nc(-c2cccc(-c3ccncc3)c2)cs1)[C@H]1CCN1. The van der Waals surface area contributed by atoms with Crippen LogP contribution >= 0.6 is 23.7 Å². The summed E-state index contributed by atoms with van der Waals surface area (Å²) >= 11 is 1.45. The molecule has 1 fully saturated rings. The fourth-order valence-corrected chi connectivity index (χ4v) is 3.29. The Labute approximate surface area is 155 Å². The van der Waals surface area contributed by atoms with E-state index in [9.17, 15) is 4.79 Å². The number of thiazole rings is 1. The molecule has 1 aliphatic heterocycles. The van der Waals surface area contributed by atoms with Gasteiger partial charge in [-0.3, -0.25) is 9.78 Å². The molecule has 0 radical (unpaired) electrons. The third kappa shape index (κ3) is 3.87. The first-order chi connectivity index (χ1) is 11.8. The molecular weight excluding hydrogens is 356 g/mol. The fourth-order valence-electron chi connectivity index (χ4n) is 2.57. The van der Waals surface area contributed by atoms with Gasteiger partial charge >= 0.3 is 0 Å². The summed E-state index contributed by atoms with van der Waals surface area (Å²) in [7, 11) is 0. The summed E-state index contributed by atoms with van der Waals surface area (Å²) in [6, 6.07) is 12.1. The number of nitrogens with zero attached hydrogens (tertiary/aromatic N) is 2. The average molecular weight is 373 g/mol. The summed E-state index contributed by atoms with van der Waals surface area (Å²) in [4.78, 5) is 20.6. The number of hydrogen-bond acceptors (Lipinski definition) is 5. The van der Waals surface area contributed by atoms with Gasteiger partial charge in [-0.05, 0) is 42.3 Å². The predicted molar refractivity (Wildman–Crippen MR) is 103 cm³/mol. The molecule has 25 heavy (non-hydrogen) atoms. The molecule has 1 aliphatic rings. The van der Waals surface area contributed by atoms with Crippen LogP contribution in [0.5, 0.6) is 0 Å². The molecule has 1 atom stereocenters.